The lowest BCUT2D eigenvalue weighted by atomic mass is 10.0. The molecule has 0 aromatic carbocycles. The van der Waals surface area contributed by atoms with E-state index in [0.717, 1.165) is 16.6 Å². The summed E-state index contributed by atoms with van der Waals surface area (Å²) in [5.41, 5.74) is 8.04. The van der Waals surface area contributed by atoms with Crippen LogP contribution >= 0.6 is 0 Å². The zero-order chi connectivity index (χ0) is 23.8. The molecule has 4 atom stereocenters. The zero-order valence-electron chi connectivity index (χ0n) is 20.0. The normalized spacial score (nSPS) is 26.2. The second-order valence-corrected chi connectivity index (χ2v) is 8.99. The highest BCUT2D eigenvalue weighted by molar-refractivity contribution is 5.90. The number of amides is 1. The number of nitrogens with zero attached hydrogens (tertiary/aromatic N) is 3. The first-order valence-electron chi connectivity index (χ1n) is 11.7. The van der Waals surface area contributed by atoms with Crippen LogP contribution in [0.5, 0.6) is 0 Å². The molecule has 0 unspecified atom stereocenters. The van der Waals surface area contributed by atoms with Crippen molar-refractivity contribution in [3.05, 3.63) is 18.1 Å². The molecule has 0 spiro atoms. The molecule has 4 rings (SSSR count). The lowest BCUT2D eigenvalue weighted by molar-refractivity contribution is -0.163. The second-order valence-electron chi connectivity index (χ2n) is 8.99. The standard InChI is InChI=1S/C23H35N5O5/c1-6-30-16(31-7-2)9-8-13-11-28(21-17(13)20(24)26-12-27-21)15-10-14(22(29)25-5)18-19(15)33-23(3,4)32-18/h11-12,14-16,18-19H,6-10H2,1-5H3,(H,25,29)(H2,24,26,27)/t14-,15+,18+,19-/m0/s1. The molecule has 1 aliphatic carbocycles. The Balaban J connectivity index is 1.69. The van der Waals surface area contributed by atoms with E-state index in [0.29, 0.717) is 38.3 Å². The lowest BCUT2D eigenvalue weighted by Gasteiger charge is -2.24. The van der Waals surface area contributed by atoms with Gasteiger partial charge in [0.15, 0.2) is 12.1 Å². The van der Waals surface area contributed by atoms with E-state index < -0.39 is 5.79 Å². The molecule has 0 bridgehead atoms. The van der Waals surface area contributed by atoms with E-state index in [9.17, 15) is 4.79 Å². The number of ether oxygens (including phenoxy) is 4. The number of hydrogen-bond donors (Lipinski definition) is 2. The number of fused-ring (bicyclic) bond motifs is 2. The average molecular weight is 462 g/mol. The van der Waals surface area contributed by atoms with Crippen LogP contribution in [0.25, 0.3) is 11.0 Å². The van der Waals surface area contributed by atoms with Gasteiger partial charge in [0.25, 0.3) is 0 Å². The summed E-state index contributed by atoms with van der Waals surface area (Å²) in [4.78, 5) is 21.4. The fraction of sp³-hybridized carbons (Fsp3) is 0.696. The molecule has 1 saturated carbocycles. The van der Waals surface area contributed by atoms with Crippen LogP contribution in [0.3, 0.4) is 0 Å². The molecule has 2 aromatic heterocycles. The Morgan fingerprint density at radius 1 is 1.27 bits per heavy atom. The van der Waals surface area contributed by atoms with E-state index in [2.05, 4.69) is 26.0 Å². The highest BCUT2D eigenvalue weighted by Gasteiger charge is 2.56. The lowest BCUT2D eigenvalue weighted by Crippen LogP contribution is -2.36. The summed E-state index contributed by atoms with van der Waals surface area (Å²) in [6.45, 7) is 8.82. The zero-order valence-corrected chi connectivity index (χ0v) is 20.0. The minimum absolute atomic E-state index is 0.0455. The van der Waals surface area contributed by atoms with E-state index in [-0.39, 0.29) is 36.4 Å². The first kappa shape index (κ1) is 23.9. The van der Waals surface area contributed by atoms with Gasteiger partial charge in [-0.05, 0) is 46.1 Å². The number of nitrogens with two attached hydrogens (primary N) is 1. The van der Waals surface area contributed by atoms with Crippen molar-refractivity contribution in [1.29, 1.82) is 0 Å². The van der Waals surface area contributed by atoms with Gasteiger partial charge in [0.05, 0.1) is 17.3 Å². The number of aromatic nitrogens is 3. The molecule has 2 aliphatic rings. The van der Waals surface area contributed by atoms with Crippen molar-refractivity contribution >= 4 is 22.8 Å². The van der Waals surface area contributed by atoms with Crippen LogP contribution < -0.4 is 11.1 Å². The predicted molar refractivity (Wildman–Crippen MR) is 122 cm³/mol. The van der Waals surface area contributed by atoms with Crippen molar-refractivity contribution in [2.24, 2.45) is 5.92 Å². The molecule has 2 fully saturated rings. The van der Waals surface area contributed by atoms with Gasteiger partial charge in [-0.15, -0.1) is 0 Å². The molecule has 3 heterocycles. The molecule has 2 aromatic rings. The van der Waals surface area contributed by atoms with Crippen LogP contribution in [-0.2, 0) is 30.2 Å². The summed E-state index contributed by atoms with van der Waals surface area (Å²) in [5, 5.41) is 3.59. The molecule has 1 saturated heterocycles. The fourth-order valence-corrected chi connectivity index (χ4v) is 5.16. The van der Waals surface area contributed by atoms with Gasteiger partial charge >= 0.3 is 0 Å². The number of nitrogen functional groups attached to an aromatic ring is 1. The third-order valence-electron chi connectivity index (χ3n) is 6.45. The minimum Gasteiger partial charge on any atom is -0.383 e. The first-order chi connectivity index (χ1) is 15.8. The molecule has 10 nitrogen and oxygen atoms in total. The molecule has 3 N–H and O–H groups in total. The minimum atomic E-state index is -0.762. The number of rotatable bonds is 9. The fourth-order valence-electron chi connectivity index (χ4n) is 5.16. The van der Waals surface area contributed by atoms with E-state index in [4.69, 9.17) is 24.7 Å². The third kappa shape index (κ3) is 4.57. The molecule has 0 radical (unpaired) electrons. The van der Waals surface area contributed by atoms with Gasteiger partial charge in [-0.1, -0.05) is 0 Å². The summed E-state index contributed by atoms with van der Waals surface area (Å²) in [7, 11) is 1.65. The highest BCUT2D eigenvalue weighted by atomic mass is 16.8. The Labute approximate surface area is 194 Å². The first-order valence-corrected chi connectivity index (χ1v) is 11.7. The van der Waals surface area contributed by atoms with Crippen LogP contribution in [0.2, 0.25) is 0 Å². The Morgan fingerprint density at radius 2 is 1.97 bits per heavy atom. The van der Waals surface area contributed by atoms with E-state index in [1.165, 1.54) is 6.33 Å². The van der Waals surface area contributed by atoms with Gasteiger partial charge in [0.1, 0.15) is 30.0 Å². The number of aryl methyl sites for hydroxylation is 1. The third-order valence-corrected chi connectivity index (χ3v) is 6.45. The molecule has 182 valence electrons. The van der Waals surface area contributed by atoms with Crippen LogP contribution in [0.4, 0.5) is 5.82 Å². The quantitative estimate of drug-likeness (QED) is 0.545. The highest BCUT2D eigenvalue weighted by Crippen LogP contribution is 2.48. The second kappa shape index (κ2) is 9.54. The summed E-state index contributed by atoms with van der Waals surface area (Å²) < 4.78 is 25.9. The van der Waals surface area contributed by atoms with Crippen molar-refractivity contribution < 1.29 is 23.7 Å². The summed E-state index contributed by atoms with van der Waals surface area (Å²) in [5.74, 6) is -0.690. The summed E-state index contributed by atoms with van der Waals surface area (Å²) >= 11 is 0. The van der Waals surface area contributed by atoms with Gasteiger partial charge in [0, 0.05) is 32.9 Å². The molecule has 33 heavy (non-hydrogen) atoms. The average Bonchev–Trinajstić information content (AvgIpc) is 3.40. The van der Waals surface area contributed by atoms with Crippen molar-refractivity contribution in [1.82, 2.24) is 19.9 Å². The molecular formula is C23H35N5O5. The maximum atomic E-state index is 12.6. The largest absolute Gasteiger partial charge is 0.383 e. The van der Waals surface area contributed by atoms with Crippen molar-refractivity contribution in [2.45, 2.75) is 77.3 Å². The predicted octanol–water partition coefficient (Wildman–Crippen LogP) is 2.17. The van der Waals surface area contributed by atoms with Gasteiger partial charge in [-0.3, -0.25) is 4.79 Å². The van der Waals surface area contributed by atoms with Crippen molar-refractivity contribution in [3.8, 4) is 0 Å². The maximum absolute atomic E-state index is 12.6. The number of anilines is 1. The Bertz CT molecular complexity index is 987. The number of nitrogens with one attached hydrogen (secondary N) is 1. The molecule has 1 amide bonds. The van der Waals surface area contributed by atoms with Gasteiger partial charge in [0.2, 0.25) is 5.91 Å². The molecular weight excluding hydrogens is 426 g/mol. The summed E-state index contributed by atoms with van der Waals surface area (Å²) in [6, 6.07) is -0.126. The Hall–Kier alpha value is -2.27. The number of hydrogen-bond acceptors (Lipinski definition) is 8. The number of carbonyl (C=O) groups excluding carboxylic acids is 1. The Morgan fingerprint density at radius 3 is 2.64 bits per heavy atom. The SMILES string of the molecule is CCOC(CCc1cn([C@@H]2C[C@H](C(=O)NC)[C@H]3OC(C)(C)O[C@H]32)c2ncnc(N)c12)OCC. The van der Waals surface area contributed by atoms with E-state index in [1.54, 1.807) is 7.05 Å². The molecule has 1 aliphatic heterocycles. The van der Waals surface area contributed by atoms with Crippen LogP contribution in [0.1, 0.15) is 52.1 Å². The van der Waals surface area contributed by atoms with Crippen LogP contribution in [0, 0.1) is 5.92 Å². The monoisotopic (exact) mass is 461 g/mol. The van der Waals surface area contributed by atoms with Crippen molar-refractivity contribution in [3.63, 3.8) is 0 Å². The van der Waals surface area contributed by atoms with E-state index >= 15 is 0 Å². The van der Waals surface area contributed by atoms with Gasteiger partial charge < -0.3 is 34.6 Å². The van der Waals surface area contributed by atoms with E-state index in [1.807, 2.05) is 27.7 Å². The van der Waals surface area contributed by atoms with Crippen molar-refractivity contribution in [2.75, 3.05) is 26.0 Å². The smallest absolute Gasteiger partial charge is 0.225 e. The van der Waals surface area contributed by atoms with Crippen LogP contribution in [-0.4, -0.2) is 65.0 Å². The summed E-state index contributed by atoms with van der Waals surface area (Å²) in [6.07, 6.45) is 4.59. The van der Waals surface area contributed by atoms with Gasteiger partial charge in [-0.25, -0.2) is 9.97 Å². The van der Waals surface area contributed by atoms with Gasteiger partial charge in [-0.2, -0.15) is 0 Å². The van der Waals surface area contributed by atoms with Crippen LogP contribution in [0.15, 0.2) is 12.5 Å². The molecule has 10 heteroatoms. The maximum Gasteiger partial charge on any atom is 0.225 e. The number of carbonyl (C=O) groups is 1. The topological polar surface area (TPSA) is 123 Å². The Kier molecular flexibility index (Phi) is 6.90.